The fraction of sp³-hybridized carbons (Fsp3) is 0.273. The van der Waals surface area contributed by atoms with Crippen LogP contribution in [0.1, 0.15) is 19.3 Å². The molecule has 0 radical (unpaired) electrons. The number of hydrogen-bond donors (Lipinski definition) is 3. The van der Waals surface area contributed by atoms with E-state index in [-0.39, 0.29) is 24.9 Å². The van der Waals surface area contributed by atoms with Crippen LogP contribution in [0.15, 0.2) is 23.1 Å². The number of carboxylic acid groups (broad SMARTS) is 1. The lowest BCUT2D eigenvalue weighted by Gasteiger charge is -2.06. The minimum atomic E-state index is -4.77. The Bertz CT molecular complexity index is 713. The lowest BCUT2D eigenvalue weighted by atomic mass is 10.2. The van der Waals surface area contributed by atoms with Gasteiger partial charge in [0.25, 0.3) is 5.69 Å². The molecule has 1 aromatic carbocycles. The highest BCUT2D eigenvalue weighted by atomic mass is 32.2. The number of anilines is 1. The van der Waals surface area contributed by atoms with Gasteiger partial charge in [-0.1, -0.05) is 0 Å². The Balaban J connectivity index is 2.90. The molecule has 0 spiro atoms. The van der Waals surface area contributed by atoms with Crippen molar-refractivity contribution in [3.63, 3.8) is 0 Å². The van der Waals surface area contributed by atoms with Crippen LogP contribution < -0.4 is 5.32 Å². The summed E-state index contributed by atoms with van der Waals surface area (Å²) in [7, 11) is -4.77. The first-order valence-corrected chi connectivity index (χ1v) is 7.33. The Hall–Kier alpha value is -2.53. The first kappa shape index (κ1) is 17.5. The monoisotopic (exact) mass is 332 g/mol. The summed E-state index contributed by atoms with van der Waals surface area (Å²) in [6, 6.07) is 2.66. The summed E-state index contributed by atoms with van der Waals surface area (Å²) in [6.45, 7) is 0. The number of aliphatic carboxylic acids is 1. The van der Waals surface area contributed by atoms with Crippen LogP contribution >= 0.6 is 0 Å². The highest BCUT2D eigenvalue weighted by Gasteiger charge is 2.24. The van der Waals surface area contributed by atoms with E-state index in [1.165, 1.54) is 0 Å². The zero-order valence-corrected chi connectivity index (χ0v) is 11.9. The molecule has 3 N–H and O–H groups in total. The number of hydrogen-bond acceptors (Lipinski definition) is 6. The SMILES string of the molecule is O=C(O)CCCC(=O)Nc1ccc(S(=O)(=O)O)c([N+](=O)[O-])c1. The smallest absolute Gasteiger partial charge is 0.303 e. The average Bonchev–Trinajstić information content (AvgIpc) is 2.36. The second kappa shape index (κ2) is 6.95. The predicted octanol–water partition coefficient (Wildman–Crippen LogP) is 1.03. The van der Waals surface area contributed by atoms with Gasteiger partial charge in [-0.2, -0.15) is 8.42 Å². The largest absolute Gasteiger partial charge is 0.481 e. The van der Waals surface area contributed by atoms with Crippen LogP contribution in [0.25, 0.3) is 0 Å². The summed E-state index contributed by atoms with van der Waals surface area (Å²) >= 11 is 0. The molecule has 1 aromatic rings. The molecule has 10 nitrogen and oxygen atoms in total. The molecule has 0 fully saturated rings. The summed E-state index contributed by atoms with van der Waals surface area (Å²) in [5.41, 5.74) is -0.926. The number of benzene rings is 1. The van der Waals surface area contributed by atoms with Crippen LogP contribution in [0.2, 0.25) is 0 Å². The maximum absolute atomic E-state index is 11.5. The fourth-order valence-electron chi connectivity index (χ4n) is 1.58. The number of nitrogens with one attached hydrogen (secondary N) is 1. The van der Waals surface area contributed by atoms with Gasteiger partial charge in [0.05, 0.1) is 4.92 Å². The third kappa shape index (κ3) is 5.10. The fourth-order valence-corrected chi connectivity index (χ4v) is 2.22. The lowest BCUT2D eigenvalue weighted by Crippen LogP contribution is -2.12. The second-order valence-electron chi connectivity index (χ2n) is 4.21. The van der Waals surface area contributed by atoms with E-state index >= 15 is 0 Å². The van der Waals surface area contributed by atoms with E-state index in [0.717, 1.165) is 18.2 Å². The molecule has 1 amide bonds. The number of carbonyl (C=O) groups is 2. The molecule has 120 valence electrons. The molecule has 1 rings (SSSR count). The third-order valence-electron chi connectivity index (χ3n) is 2.51. The quantitative estimate of drug-likeness (QED) is 0.378. The summed E-state index contributed by atoms with van der Waals surface area (Å²) in [5.74, 6) is -1.63. The van der Waals surface area contributed by atoms with E-state index in [4.69, 9.17) is 9.66 Å². The van der Waals surface area contributed by atoms with Crippen molar-refractivity contribution in [3.8, 4) is 0 Å². The van der Waals surface area contributed by atoms with Gasteiger partial charge in [-0.05, 0) is 18.6 Å². The van der Waals surface area contributed by atoms with Crippen molar-refractivity contribution in [3.05, 3.63) is 28.3 Å². The summed E-state index contributed by atoms with van der Waals surface area (Å²) in [5, 5.41) is 21.5. The Morgan fingerprint density at radius 2 is 1.91 bits per heavy atom. The molecule has 11 heteroatoms. The molecule has 22 heavy (non-hydrogen) atoms. The zero-order chi connectivity index (χ0) is 16.9. The molecule has 0 aromatic heterocycles. The van der Waals surface area contributed by atoms with Crippen LogP contribution in [0.4, 0.5) is 11.4 Å². The van der Waals surface area contributed by atoms with Crippen molar-refractivity contribution in [2.24, 2.45) is 0 Å². The molecule has 0 unspecified atom stereocenters. The number of rotatable bonds is 7. The van der Waals surface area contributed by atoms with Crippen molar-refractivity contribution >= 4 is 33.4 Å². The summed E-state index contributed by atoms with van der Waals surface area (Å²) in [4.78, 5) is 30.7. The van der Waals surface area contributed by atoms with Gasteiger partial charge in [0.2, 0.25) is 5.91 Å². The molecule has 0 aliphatic carbocycles. The van der Waals surface area contributed by atoms with E-state index in [2.05, 4.69) is 5.32 Å². The number of carboxylic acids is 1. The first-order chi connectivity index (χ1) is 10.1. The second-order valence-corrected chi connectivity index (χ2v) is 5.60. The minimum absolute atomic E-state index is 0.0422. The van der Waals surface area contributed by atoms with Gasteiger partial charge in [-0.25, -0.2) is 0 Å². The van der Waals surface area contributed by atoms with Gasteiger partial charge in [0, 0.05) is 24.6 Å². The lowest BCUT2D eigenvalue weighted by molar-refractivity contribution is -0.387. The highest BCUT2D eigenvalue weighted by Crippen LogP contribution is 2.27. The van der Waals surface area contributed by atoms with Crippen LogP contribution in [0.3, 0.4) is 0 Å². The van der Waals surface area contributed by atoms with E-state index in [0.29, 0.717) is 0 Å². The maximum atomic E-state index is 11.5. The van der Waals surface area contributed by atoms with Crippen molar-refractivity contribution in [1.29, 1.82) is 0 Å². The standard InChI is InChI=1S/C11H12N2O8S/c14-10(2-1-3-11(15)16)12-7-4-5-9(22(19,20)21)8(6-7)13(17)18/h4-6H,1-3H2,(H,12,14)(H,15,16)(H,19,20,21). The zero-order valence-electron chi connectivity index (χ0n) is 11.1. The molecule has 0 saturated carbocycles. The van der Waals surface area contributed by atoms with Crippen molar-refractivity contribution in [1.82, 2.24) is 0 Å². The maximum Gasteiger partial charge on any atom is 0.303 e. The van der Waals surface area contributed by atoms with Crippen molar-refractivity contribution < 1.29 is 32.6 Å². The van der Waals surface area contributed by atoms with E-state index in [1.807, 2.05) is 0 Å². The molecule has 0 aliphatic heterocycles. The summed E-state index contributed by atoms with van der Waals surface area (Å²) < 4.78 is 30.9. The van der Waals surface area contributed by atoms with Crippen LogP contribution in [0, 0.1) is 10.1 Å². The molecule has 0 heterocycles. The molecule has 0 saturated heterocycles. The third-order valence-corrected chi connectivity index (χ3v) is 3.41. The number of amides is 1. The number of nitro benzene ring substituents is 1. The predicted molar refractivity (Wildman–Crippen MR) is 73.0 cm³/mol. The number of nitrogens with zero attached hydrogens (tertiary/aromatic N) is 1. The van der Waals surface area contributed by atoms with Gasteiger partial charge in [-0.3, -0.25) is 24.3 Å². The van der Waals surface area contributed by atoms with Gasteiger partial charge < -0.3 is 10.4 Å². The Labute approximate surface area is 124 Å². The van der Waals surface area contributed by atoms with Crippen molar-refractivity contribution in [2.75, 3.05) is 5.32 Å². The van der Waals surface area contributed by atoms with Gasteiger partial charge in [0.1, 0.15) is 0 Å². The average molecular weight is 332 g/mol. The van der Waals surface area contributed by atoms with Crippen LogP contribution in [-0.2, 0) is 19.7 Å². The highest BCUT2D eigenvalue weighted by molar-refractivity contribution is 7.86. The van der Waals surface area contributed by atoms with E-state index in [9.17, 15) is 28.1 Å². The molecular weight excluding hydrogens is 320 g/mol. The number of nitro groups is 1. The van der Waals surface area contributed by atoms with Gasteiger partial charge >= 0.3 is 16.1 Å². The van der Waals surface area contributed by atoms with Gasteiger partial charge in [0.15, 0.2) is 4.90 Å². The molecule has 0 bridgehead atoms. The molecular formula is C11H12N2O8S. The summed E-state index contributed by atoms with van der Waals surface area (Å²) in [6.07, 6.45) is -0.220. The Kier molecular flexibility index (Phi) is 5.54. The van der Waals surface area contributed by atoms with E-state index in [1.54, 1.807) is 0 Å². The van der Waals surface area contributed by atoms with E-state index < -0.39 is 37.5 Å². The topological polar surface area (TPSA) is 164 Å². The van der Waals surface area contributed by atoms with Crippen molar-refractivity contribution in [2.45, 2.75) is 24.2 Å². The minimum Gasteiger partial charge on any atom is -0.481 e. The molecule has 0 aliphatic rings. The van der Waals surface area contributed by atoms with Crippen LogP contribution in [-0.4, -0.2) is 34.9 Å². The first-order valence-electron chi connectivity index (χ1n) is 5.89. The molecule has 0 atom stereocenters. The Morgan fingerprint density at radius 3 is 2.41 bits per heavy atom. The van der Waals surface area contributed by atoms with Crippen LogP contribution in [0.5, 0.6) is 0 Å². The Morgan fingerprint density at radius 1 is 1.27 bits per heavy atom. The van der Waals surface area contributed by atoms with Gasteiger partial charge in [-0.15, -0.1) is 0 Å². The normalized spacial score (nSPS) is 11.0. The number of carbonyl (C=O) groups excluding carboxylic acids is 1.